The zero-order valence-electron chi connectivity index (χ0n) is 6.75. The molecule has 0 amide bonds. The summed E-state index contributed by atoms with van der Waals surface area (Å²) >= 11 is 1.61. The van der Waals surface area contributed by atoms with Gasteiger partial charge < -0.3 is 23.4 Å². The predicted octanol–water partition coefficient (Wildman–Crippen LogP) is 2.13. The molecule has 0 aromatic carbocycles. The summed E-state index contributed by atoms with van der Waals surface area (Å²) in [4.78, 5) is 0. The molecular weight excluding hydrogens is 347 g/mol. The Morgan fingerprint density at radius 2 is 1.82 bits per heavy atom. The van der Waals surface area contributed by atoms with Crippen molar-refractivity contribution >= 4 is 9.42 Å². The van der Waals surface area contributed by atoms with E-state index in [0.717, 1.165) is 19.5 Å². The second kappa shape index (κ2) is 30.8. The normalized spacial score (nSPS) is 6.64. The molecule has 0 radical (unpaired) electrons. The molecule has 0 aromatic heterocycles. The van der Waals surface area contributed by atoms with Gasteiger partial charge in [-0.05, 0) is 13.3 Å². The molecule has 0 bridgehead atoms. The van der Waals surface area contributed by atoms with E-state index in [1.807, 2.05) is 0 Å². The molecule has 0 aliphatic rings. The van der Waals surface area contributed by atoms with Crippen molar-refractivity contribution in [1.29, 1.82) is 0 Å². The number of rotatable bonds is 4. The van der Waals surface area contributed by atoms with Gasteiger partial charge in [-0.2, -0.15) is 0 Å². The Bertz CT molecular complexity index is 37.7. The number of nitrogens with two attached hydrogens (primary N) is 3. The number of hydrogen-bond acceptors (Lipinski definition) is 0. The van der Waals surface area contributed by atoms with E-state index in [-0.39, 0.29) is 12.3 Å². The van der Waals surface area contributed by atoms with Crippen molar-refractivity contribution in [1.82, 2.24) is 0 Å². The van der Waals surface area contributed by atoms with Crippen LogP contribution in [0.5, 0.6) is 0 Å². The average molecular weight is 365 g/mol. The summed E-state index contributed by atoms with van der Waals surface area (Å²) in [5.74, 6) is 0. The molecule has 0 fully saturated rings. The number of halogens is 1. The minimum Gasteiger partial charge on any atom is -0.693 e. The van der Waals surface area contributed by atoms with Gasteiger partial charge in [-0.15, -0.1) is 6.54 Å². The Labute approximate surface area is 84.6 Å². The zero-order valence-corrected chi connectivity index (χ0v) is 9.78. The first-order valence-electron chi connectivity index (χ1n) is 3.00. The third-order valence-corrected chi connectivity index (χ3v) is 0.874. The van der Waals surface area contributed by atoms with Gasteiger partial charge in [-0.25, -0.2) is 0 Å². The second-order valence-corrected chi connectivity index (χ2v) is 1.59. The van der Waals surface area contributed by atoms with Crippen molar-refractivity contribution in [3.05, 3.63) is 18.0 Å². The Morgan fingerprint density at radius 1 is 1.36 bits per heavy atom. The maximum absolute atomic E-state index is 6.76. The van der Waals surface area contributed by atoms with Crippen LogP contribution >= 0.6 is 9.42 Å². The van der Waals surface area contributed by atoms with Gasteiger partial charge in [0.15, 0.2) is 0 Å². The first-order valence-corrected chi connectivity index (χ1v) is 5.81. The molecule has 0 rings (SSSR count). The van der Waals surface area contributed by atoms with Crippen LogP contribution < -0.4 is 5.32 Å². The molecule has 7 N–H and O–H groups in total. The number of nitrogens with one attached hydrogen (secondary N) is 1. The van der Waals surface area contributed by atoms with Crippen LogP contribution in [-0.2, 0) is 18.8 Å². The van der Waals surface area contributed by atoms with Gasteiger partial charge in [0.2, 0.25) is 0 Å². The van der Waals surface area contributed by atoms with E-state index < -0.39 is 0 Å². The summed E-state index contributed by atoms with van der Waals surface area (Å²) in [6, 6.07) is 0. The van der Waals surface area contributed by atoms with Gasteiger partial charge in [-0.1, -0.05) is 0 Å². The molecule has 0 saturated heterocycles. The predicted molar refractivity (Wildman–Crippen MR) is 47.6 cm³/mol. The summed E-state index contributed by atoms with van der Waals surface area (Å²) < 4.78 is 0. The molecule has 0 saturated carbocycles. The molecule has 11 heavy (non-hydrogen) atoms. The third-order valence-electron chi connectivity index (χ3n) is 0.874. The minimum atomic E-state index is 0. The Kier molecular flexibility index (Phi) is 63.4. The minimum absolute atomic E-state index is 0. The summed E-state index contributed by atoms with van der Waals surface area (Å²) in [5, 5.41) is 2.22. The molecule has 0 aliphatic heterocycles. The summed E-state index contributed by atoms with van der Waals surface area (Å²) in [7, 11) is 4.61. The molecule has 0 aromatic rings. The first-order chi connectivity index (χ1) is 4.41. The van der Waals surface area contributed by atoms with Gasteiger partial charge in [0.05, 0.1) is 13.1 Å². The molecule has 4 nitrogen and oxygen atoms in total. The fourth-order valence-corrected chi connectivity index (χ4v) is 0.451. The third kappa shape index (κ3) is 36.2. The molecule has 0 atom stereocenters. The fraction of sp³-hybridized carbons (Fsp3) is 1.00. The topological polar surface area (TPSA) is 107 Å². The van der Waals surface area contributed by atoms with Crippen molar-refractivity contribution in [2.45, 2.75) is 13.3 Å². The monoisotopic (exact) mass is 364 g/mol. The molecule has 0 aliphatic carbocycles. The van der Waals surface area contributed by atoms with Gasteiger partial charge in [0, 0.05) is 0 Å². The SMILES string of the molecule is CC[NH2+]CCC[NH-].[Cl][Pt].[NH2-].[NH2-]. The number of hydrogen-bond donors (Lipinski definition) is 1. The standard InChI is InChI=1S/C5H13N2.ClH.2H2N.Pt/c1-2-7-5-3-4-6;;;;/h6-7H,2-5H2,1H3;1H;2*1H2;/q-1;;2*-1;+1. The Morgan fingerprint density at radius 3 is 2.09 bits per heavy atom. The van der Waals surface area contributed by atoms with Gasteiger partial charge in [0.1, 0.15) is 0 Å². The van der Waals surface area contributed by atoms with Gasteiger partial charge in [-0.3, -0.25) is 0 Å². The number of quaternary nitrogens is 1. The van der Waals surface area contributed by atoms with Crippen LogP contribution in [0, 0.1) is 0 Å². The van der Waals surface area contributed by atoms with Crippen LogP contribution in [0.25, 0.3) is 18.0 Å². The largest absolute Gasteiger partial charge is 0.693 e. The van der Waals surface area contributed by atoms with E-state index in [1.165, 1.54) is 0 Å². The van der Waals surface area contributed by atoms with E-state index in [4.69, 9.17) is 5.73 Å². The summed E-state index contributed by atoms with van der Waals surface area (Å²) in [5.41, 5.74) is 6.76. The molecule has 0 heterocycles. The van der Waals surface area contributed by atoms with Gasteiger partial charge in [0.25, 0.3) is 0 Å². The Hall–Kier alpha value is 0.818. The summed E-state index contributed by atoms with van der Waals surface area (Å²) in [6.45, 7) is 4.99. The summed E-state index contributed by atoms with van der Waals surface area (Å²) in [6.07, 6.45) is 1.04. The van der Waals surface area contributed by atoms with Crippen LogP contribution in [0.15, 0.2) is 0 Å². The van der Waals surface area contributed by atoms with E-state index in [2.05, 4.69) is 21.7 Å². The van der Waals surface area contributed by atoms with Gasteiger partial charge >= 0.3 is 28.2 Å². The van der Waals surface area contributed by atoms with E-state index in [0.29, 0.717) is 6.54 Å². The second-order valence-electron chi connectivity index (χ2n) is 1.59. The molecular formula is C5H18ClN4Pt-2. The van der Waals surface area contributed by atoms with E-state index in [9.17, 15) is 0 Å². The molecule has 77 valence electrons. The maximum Gasteiger partial charge on any atom is -0.693 e. The van der Waals surface area contributed by atoms with Crippen LogP contribution in [-0.4, -0.2) is 19.6 Å². The maximum atomic E-state index is 6.76. The molecule has 0 unspecified atom stereocenters. The van der Waals surface area contributed by atoms with Crippen molar-refractivity contribution in [3.8, 4) is 0 Å². The van der Waals surface area contributed by atoms with Crippen molar-refractivity contribution < 1.29 is 24.1 Å². The quantitative estimate of drug-likeness (QED) is 0.738. The fourth-order valence-electron chi connectivity index (χ4n) is 0.451. The Balaban J connectivity index is -0.0000000564. The van der Waals surface area contributed by atoms with E-state index in [1.54, 1.807) is 18.8 Å². The van der Waals surface area contributed by atoms with Crippen LogP contribution in [0.2, 0.25) is 0 Å². The molecule has 6 heteroatoms. The first kappa shape index (κ1) is 22.6. The smallest absolute Gasteiger partial charge is 0.693 e. The van der Waals surface area contributed by atoms with Crippen molar-refractivity contribution in [2.24, 2.45) is 0 Å². The van der Waals surface area contributed by atoms with E-state index >= 15 is 0 Å². The van der Waals surface area contributed by atoms with Crippen molar-refractivity contribution in [2.75, 3.05) is 19.6 Å². The zero-order chi connectivity index (χ0) is 7.54. The van der Waals surface area contributed by atoms with Crippen LogP contribution in [0.4, 0.5) is 0 Å². The van der Waals surface area contributed by atoms with Crippen LogP contribution in [0.3, 0.4) is 0 Å². The molecule has 0 spiro atoms. The van der Waals surface area contributed by atoms with Crippen LogP contribution in [0.1, 0.15) is 13.3 Å². The average Bonchev–Trinajstić information content (AvgIpc) is 1.94. The van der Waals surface area contributed by atoms with Crippen molar-refractivity contribution in [3.63, 3.8) is 0 Å².